The highest BCUT2D eigenvalue weighted by Crippen LogP contribution is 2.29. The molecular weight excluding hydrogens is 571 g/mol. The highest BCUT2D eigenvalue weighted by atomic mass is 32.2. The number of rotatable bonds is 6. The lowest BCUT2D eigenvalue weighted by Crippen LogP contribution is -2.46. The minimum Gasteiger partial charge on any atom is -0.491 e. The fraction of sp³-hybridized carbons (Fsp3) is 0.367. The summed E-state index contributed by atoms with van der Waals surface area (Å²) in [5.74, 6) is -2.11. The molecule has 1 amide bonds. The van der Waals surface area contributed by atoms with Crippen LogP contribution >= 0.6 is 0 Å². The molecule has 1 aliphatic heterocycles. The lowest BCUT2D eigenvalue weighted by molar-refractivity contribution is 0.00903. The van der Waals surface area contributed by atoms with Gasteiger partial charge in [0.2, 0.25) is 0 Å². The number of amides is 1. The average molecular weight is 606 g/mol. The zero-order valence-corrected chi connectivity index (χ0v) is 24.6. The van der Waals surface area contributed by atoms with Crippen molar-refractivity contribution in [2.45, 2.75) is 37.4 Å². The van der Waals surface area contributed by atoms with Crippen molar-refractivity contribution in [1.29, 1.82) is 0 Å². The van der Waals surface area contributed by atoms with Gasteiger partial charge >= 0.3 is 0 Å². The Morgan fingerprint density at radius 1 is 1.00 bits per heavy atom. The van der Waals surface area contributed by atoms with Crippen molar-refractivity contribution in [2.24, 2.45) is 5.92 Å². The van der Waals surface area contributed by atoms with Crippen LogP contribution in [-0.2, 0) is 21.3 Å². The maximum atomic E-state index is 14.6. The van der Waals surface area contributed by atoms with Gasteiger partial charge in [-0.25, -0.2) is 21.6 Å². The van der Waals surface area contributed by atoms with E-state index in [9.17, 15) is 26.4 Å². The largest absolute Gasteiger partial charge is 0.491 e. The second kappa shape index (κ2) is 13.1. The van der Waals surface area contributed by atoms with Crippen molar-refractivity contribution in [1.82, 2.24) is 9.80 Å². The second-order valence-electron chi connectivity index (χ2n) is 10.5. The van der Waals surface area contributed by atoms with Crippen molar-refractivity contribution < 1.29 is 35.9 Å². The Labute approximate surface area is 244 Å². The Morgan fingerprint density at radius 2 is 1.74 bits per heavy atom. The molecule has 3 aromatic carbocycles. The minimum atomic E-state index is -4.14. The Bertz CT molecular complexity index is 1540. The molecule has 0 aromatic heterocycles. The number of hydrogen-bond acceptors (Lipinski definition) is 6. The molecule has 0 aliphatic carbocycles. The van der Waals surface area contributed by atoms with Crippen LogP contribution in [0, 0.1) is 23.4 Å². The van der Waals surface area contributed by atoms with Crippen LogP contribution in [0.4, 0.5) is 18.9 Å². The zero-order valence-electron chi connectivity index (χ0n) is 23.8. The molecule has 0 unspecified atom stereocenters. The van der Waals surface area contributed by atoms with E-state index in [4.69, 9.17) is 9.47 Å². The summed E-state index contributed by atoms with van der Waals surface area (Å²) in [5, 5.41) is 0. The lowest BCUT2D eigenvalue weighted by atomic mass is 10.0. The summed E-state index contributed by atoms with van der Waals surface area (Å²) in [6, 6.07) is 11.8. The van der Waals surface area contributed by atoms with E-state index < -0.39 is 27.5 Å². The van der Waals surface area contributed by atoms with Crippen LogP contribution in [0.25, 0.3) is 0 Å². The average Bonchev–Trinajstić information content (AvgIpc) is 2.95. The molecule has 42 heavy (non-hydrogen) atoms. The van der Waals surface area contributed by atoms with Gasteiger partial charge in [-0.3, -0.25) is 14.4 Å². The summed E-state index contributed by atoms with van der Waals surface area (Å²) < 4.78 is 82.2. The maximum Gasteiger partial charge on any atom is 0.261 e. The number of nitrogens with one attached hydrogen (secondary N) is 1. The van der Waals surface area contributed by atoms with Gasteiger partial charge < -0.3 is 14.4 Å². The lowest BCUT2D eigenvalue weighted by Gasteiger charge is -2.36. The Balaban J connectivity index is 1.68. The van der Waals surface area contributed by atoms with Crippen LogP contribution in [0.5, 0.6) is 5.75 Å². The first-order chi connectivity index (χ1) is 19.9. The second-order valence-corrected chi connectivity index (χ2v) is 12.2. The molecular formula is C30H34F3N3O5S. The van der Waals surface area contributed by atoms with Gasteiger partial charge in [0.25, 0.3) is 15.9 Å². The molecule has 1 N–H and O–H groups in total. The summed E-state index contributed by atoms with van der Waals surface area (Å²) in [6.45, 7) is 4.64. The highest BCUT2D eigenvalue weighted by molar-refractivity contribution is 7.92. The Kier molecular flexibility index (Phi) is 9.80. The van der Waals surface area contributed by atoms with Crippen LogP contribution in [0.15, 0.2) is 65.6 Å². The standard InChI is InChI=1S/C30H34F3N3O5S/c1-19-15-36(16-21-12-23(32)8-11-27(21)33)20(2)18-41-28-14-24(34-42(38,39)25-7-5-6-22(31)13-25)9-10-26(28)30(37)35(3)17-29(19)40-4/h5-14,19-20,29,34H,15-18H2,1-4H3/t19-,20-,29-/m0/s1. The van der Waals surface area contributed by atoms with Gasteiger partial charge in [-0.15, -0.1) is 0 Å². The molecule has 0 radical (unpaired) electrons. The third-order valence-electron chi connectivity index (χ3n) is 7.32. The number of halogens is 3. The molecule has 226 valence electrons. The monoisotopic (exact) mass is 605 g/mol. The van der Waals surface area contributed by atoms with E-state index in [1.807, 2.05) is 18.7 Å². The molecule has 8 nitrogen and oxygen atoms in total. The third kappa shape index (κ3) is 7.42. The van der Waals surface area contributed by atoms with Crippen molar-refractivity contribution in [3.63, 3.8) is 0 Å². The molecule has 0 saturated heterocycles. The smallest absolute Gasteiger partial charge is 0.261 e. The number of carbonyl (C=O) groups is 1. The molecule has 3 aromatic rings. The van der Waals surface area contributed by atoms with Gasteiger partial charge in [-0.1, -0.05) is 13.0 Å². The summed E-state index contributed by atoms with van der Waals surface area (Å²) in [6.07, 6.45) is -0.368. The van der Waals surface area contributed by atoms with E-state index in [0.29, 0.717) is 6.54 Å². The number of anilines is 1. The summed E-state index contributed by atoms with van der Waals surface area (Å²) in [4.78, 5) is 16.6. The van der Waals surface area contributed by atoms with Crippen LogP contribution in [-0.4, -0.2) is 70.1 Å². The first kappa shape index (κ1) is 31.3. The maximum absolute atomic E-state index is 14.6. The summed E-state index contributed by atoms with van der Waals surface area (Å²) in [5.41, 5.74) is 0.497. The summed E-state index contributed by atoms with van der Waals surface area (Å²) >= 11 is 0. The van der Waals surface area contributed by atoms with Gasteiger partial charge in [-0.2, -0.15) is 0 Å². The highest BCUT2D eigenvalue weighted by Gasteiger charge is 2.29. The number of ether oxygens (including phenoxy) is 2. The quantitative estimate of drug-likeness (QED) is 0.430. The molecule has 1 heterocycles. The molecule has 0 fully saturated rings. The van der Waals surface area contributed by atoms with E-state index in [-0.39, 0.29) is 71.1 Å². The van der Waals surface area contributed by atoms with Crippen LogP contribution < -0.4 is 9.46 Å². The topological polar surface area (TPSA) is 88.2 Å². The van der Waals surface area contributed by atoms with E-state index in [0.717, 1.165) is 30.3 Å². The third-order valence-corrected chi connectivity index (χ3v) is 8.69. The number of likely N-dealkylation sites (N-methyl/N-ethyl adjacent to an activating group) is 1. The number of fused-ring (bicyclic) bond motifs is 1. The van der Waals surface area contributed by atoms with E-state index >= 15 is 0 Å². The number of sulfonamides is 1. The fourth-order valence-electron chi connectivity index (χ4n) is 4.86. The number of hydrogen-bond donors (Lipinski definition) is 1. The first-order valence-electron chi connectivity index (χ1n) is 13.4. The normalized spacial score (nSPS) is 20.7. The molecule has 4 rings (SSSR count). The van der Waals surface area contributed by atoms with Crippen molar-refractivity contribution >= 4 is 21.6 Å². The number of methoxy groups -OCH3 is 1. The van der Waals surface area contributed by atoms with Crippen molar-refractivity contribution in [3.8, 4) is 5.75 Å². The van der Waals surface area contributed by atoms with Crippen molar-refractivity contribution in [2.75, 3.05) is 38.6 Å². The molecule has 0 spiro atoms. The molecule has 0 saturated carbocycles. The van der Waals surface area contributed by atoms with Crippen LogP contribution in [0.3, 0.4) is 0 Å². The minimum absolute atomic E-state index is 0.0470. The molecule has 12 heteroatoms. The molecule has 3 atom stereocenters. The fourth-order valence-corrected chi connectivity index (χ4v) is 5.94. The van der Waals surface area contributed by atoms with Gasteiger partial charge in [0.15, 0.2) is 0 Å². The van der Waals surface area contributed by atoms with E-state index in [2.05, 4.69) is 4.72 Å². The van der Waals surface area contributed by atoms with E-state index in [1.54, 1.807) is 14.2 Å². The number of benzene rings is 3. The first-order valence-corrected chi connectivity index (χ1v) is 14.9. The predicted molar refractivity (Wildman–Crippen MR) is 152 cm³/mol. The SMILES string of the molecule is CO[C@H]1CN(C)C(=O)c2ccc(NS(=O)(=O)c3cccc(F)c3)cc2OC[C@H](C)N(Cc2cc(F)ccc2F)C[C@@H]1C. The van der Waals surface area contributed by atoms with Crippen molar-refractivity contribution in [3.05, 3.63) is 89.2 Å². The summed E-state index contributed by atoms with van der Waals surface area (Å²) in [7, 11) is -0.957. The van der Waals surface area contributed by atoms with Crippen LogP contribution in [0.2, 0.25) is 0 Å². The predicted octanol–water partition coefficient (Wildman–Crippen LogP) is 4.91. The number of carbonyl (C=O) groups excluding carboxylic acids is 1. The molecule has 1 aliphatic rings. The van der Waals surface area contributed by atoms with Gasteiger partial charge in [0, 0.05) is 51.5 Å². The Morgan fingerprint density at radius 3 is 2.45 bits per heavy atom. The van der Waals surface area contributed by atoms with Gasteiger partial charge in [-0.05, 0) is 61.4 Å². The zero-order chi connectivity index (χ0) is 30.6. The van der Waals surface area contributed by atoms with E-state index in [1.165, 1.54) is 35.2 Å². The number of nitrogens with zero attached hydrogens (tertiary/aromatic N) is 2. The Hall–Kier alpha value is -3.61. The van der Waals surface area contributed by atoms with Gasteiger partial charge in [0.05, 0.1) is 22.3 Å². The van der Waals surface area contributed by atoms with Crippen LogP contribution in [0.1, 0.15) is 29.8 Å². The van der Waals surface area contributed by atoms with Gasteiger partial charge in [0.1, 0.15) is 29.8 Å². The molecule has 0 bridgehead atoms.